The van der Waals surface area contributed by atoms with Gasteiger partial charge < -0.3 is 0 Å². The molecule has 2 nitrogen and oxygen atoms in total. The fourth-order valence-corrected chi connectivity index (χ4v) is 1.59. The molecule has 0 aliphatic rings. The van der Waals surface area contributed by atoms with E-state index in [9.17, 15) is 0 Å². The van der Waals surface area contributed by atoms with Crippen LogP contribution in [-0.2, 0) is 0 Å². The number of hydrogen-bond donors (Lipinski definition) is 0. The first kappa shape index (κ1) is 9.80. The number of hydrogen-bond acceptors (Lipinski definition) is 3. The van der Waals surface area contributed by atoms with E-state index in [0.29, 0.717) is 0 Å². The summed E-state index contributed by atoms with van der Waals surface area (Å²) in [4.78, 5) is 8.22. The lowest BCUT2D eigenvalue weighted by Gasteiger charge is -1.87. The Morgan fingerprint density at radius 3 is 2.80 bits per heavy atom. The highest BCUT2D eigenvalue weighted by Gasteiger charge is 1.85. The van der Waals surface area contributed by atoms with E-state index in [1.165, 1.54) is 16.9 Å². The molecule has 0 radical (unpaired) electrons. The predicted octanol–water partition coefficient (Wildman–Crippen LogP) is 3.56. The average molecular weight is 214 g/mol. The van der Waals surface area contributed by atoms with Gasteiger partial charge in [0.25, 0.3) is 0 Å². The lowest BCUT2D eigenvalue weighted by atomic mass is 10.2. The van der Waals surface area contributed by atoms with E-state index in [1.807, 2.05) is 47.9 Å². The van der Waals surface area contributed by atoms with Crippen molar-refractivity contribution in [1.82, 2.24) is 4.98 Å². The summed E-state index contributed by atoms with van der Waals surface area (Å²) in [5.41, 5.74) is 1.17. The molecule has 0 spiro atoms. The number of rotatable bonds is 3. The molecule has 0 N–H and O–H groups in total. The van der Waals surface area contributed by atoms with E-state index >= 15 is 0 Å². The SMILES string of the molecule is C(=C/c1ccccc1)/C=N/c1nccs1. The summed E-state index contributed by atoms with van der Waals surface area (Å²) < 4.78 is 0. The Balaban J connectivity index is 1.96. The second-order valence-electron chi connectivity index (χ2n) is 2.86. The van der Waals surface area contributed by atoms with Crippen LogP contribution in [0.15, 0.2) is 53.0 Å². The fourth-order valence-electron chi connectivity index (χ4n) is 1.10. The number of thiazole rings is 1. The van der Waals surface area contributed by atoms with Crippen LogP contribution in [0.4, 0.5) is 5.13 Å². The second-order valence-corrected chi connectivity index (χ2v) is 3.74. The highest BCUT2D eigenvalue weighted by molar-refractivity contribution is 7.13. The molecule has 1 aromatic heterocycles. The minimum absolute atomic E-state index is 0.785. The Kier molecular flexibility index (Phi) is 3.41. The lowest BCUT2D eigenvalue weighted by Crippen LogP contribution is -1.69. The number of nitrogens with zero attached hydrogens (tertiary/aromatic N) is 2. The van der Waals surface area contributed by atoms with Gasteiger partial charge in [-0.2, -0.15) is 0 Å². The normalized spacial score (nSPS) is 11.5. The first-order chi connectivity index (χ1) is 7.45. The molecule has 74 valence electrons. The molecule has 15 heavy (non-hydrogen) atoms. The van der Waals surface area contributed by atoms with Crippen molar-refractivity contribution in [3.05, 3.63) is 53.5 Å². The van der Waals surface area contributed by atoms with Crippen LogP contribution in [0.25, 0.3) is 6.08 Å². The monoisotopic (exact) mass is 214 g/mol. The molecule has 0 amide bonds. The summed E-state index contributed by atoms with van der Waals surface area (Å²) in [7, 11) is 0. The molecule has 0 bridgehead atoms. The third kappa shape index (κ3) is 3.14. The van der Waals surface area contributed by atoms with Gasteiger partial charge in [0.2, 0.25) is 5.13 Å². The Bertz CT molecular complexity index is 444. The van der Waals surface area contributed by atoms with Crippen LogP contribution >= 0.6 is 11.3 Å². The van der Waals surface area contributed by atoms with E-state index in [-0.39, 0.29) is 0 Å². The van der Waals surface area contributed by atoms with Gasteiger partial charge in [0.1, 0.15) is 0 Å². The van der Waals surface area contributed by atoms with Crippen molar-refractivity contribution in [3.8, 4) is 0 Å². The van der Waals surface area contributed by atoms with Crippen LogP contribution in [-0.4, -0.2) is 11.2 Å². The summed E-state index contributed by atoms with van der Waals surface area (Å²) in [5.74, 6) is 0. The fraction of sp³-hybridized carbons (Fsp3) is 0. The smallest absolute Gasteiger partial charge is 0.208 e. The standard InChI is InChI=1S/C12H10N2S/c1-2-5-11(6-3-1)7-4-8-13-12-14-9-10-15-12/h1-10H/b7-4-,13-8+. The summed E-state index contributed by atoms with van der Waals surface area (Å²) in [5, 5.41) is 2.70. The van der Waals surface area contributed by atoms with Gasteiger partial charge >= 0.3 is 0 Å². The molecule has 0 unspecified atom stereocenters. The molecule has 0 atom stereocenters. The van der Waals surface area contributed by atoms with E-state index in [4.69, 9.17) is 0 Å². The first-order valence-corrected chi connectivity index (χ1v) is 5.48. The molecule has 2 rings (SSSR count). The van der Waals surface area contributed by atoms with Gasteiger partial charge in [-0.05, 0) is 11.6 Å². The van der Waals surface area contributed by atoms with Gasteiger partial charge in [0, 0.05) is 17.8 Å². The Morgan fingerprint density at radius 1 is 1.20 bits per heavy atom. The molecule has 0 saturated carbocycles. The average Bonchev–Trinajstić information content (AvgIpc) is 2.79. The van der Waals surface area contributed by atoms with Gasteiger partial charge in [0.05, 0.1) is 0 Å². The summed E-state index contributed by atoms with van der Waals surface area (Å²) in [6.45, 7) is 0. The molecule has 3 heteroatoms. The molecule has 0 aliphatic carbocycles. The highest BCUT2D eigenvalue weighted by Crippen LogP contribution is 2.13. The van der Waals surface area contributed by atoms with Gasteiger partial charge in [-0.3, -0.25) is 0 Å². The van der Waals surface area contributed by atoms with Crippen molar-refractivity contribution in [2.75, 3.05) is 0 Å². The van der Waals surface area contributed by atoms with Crippen LogP contribution < -0.4 is 0 Å². The van der Waals surface area contributed by atoms with Crippen molar-refractivity contribution < 1.29 is 0 Å². The number of aliphatic imine (C=N–C) groups is 1. The zero-order valence-electron chi connectivity index (χ0n) is 8.08. The molecule has 2 aromatic rings. The molecule has 0 saturated heterocycles. The van der Waals surface area contributed by atoms with Crippen LogP contribution in [0.1, 0.15) is 5.56 Å². The van der Waals surface area contributed by atoms with Crippen molar-refractivity contribution in [3.63, 3.8) is 0 Å². The minimum atomic E-state index is 0.785. The Morgan fingerprint density at radius 2 is 2.07 bits per heavy atom. The molecule has 0 aliphatic heterocycles. The van der Waals surface area contributed by atoms with Crippen molar-refractivity contribution in [2.45, 2.75) is 0 Å². The lowest BCUT2D eigenvalue weighted by molar-refractivity contribution is 1.37. The zero-order valence-corrected chi connectivity index (χ0v) is 8.89. The predicted molar refractivity (Wildman–Crippen MR) is 65.7 cm³/mol. The van der Waals surface area contributed by atoms with Crippen LogP contribution in [0.5, 0.6) is 0 Å². The summed E-state index contributed by atoms with van der Waals surface area (Å²) >= 11 is 1.53. The Hall–Kier alpha value is -1.74. The summed E-state index contributed by atoms with van der Waals surface area (Å²) in [6, 6.07) is 10.1. The third-order valence-corrected chi connectivity index (χ3v) is 2.46. The maximum atomic E-state index is 4.18. The van der Waals surface area contributed by atoms with Gasteiger partial charge in [-0.25, -0.2) is 9.98 Å². The van der Waals surface area contributed by atoms with Gasteiger partial charge in [-0.1, -0.05) is 36.4 Å². The van der Waals surface area contributed by atoms with Crippen LogP contribution in [0, 0.1) is 0 Å². The van der Waals surface area contributed by atoms with E-state index in [1.54, 1.807) is 12.4 Å². The molecule has 1 heterocycles. The third-order valence-electron chi connectivity index (χ3n) is 1.78. The molecule has 0 fully saturated rings. The van der Waals surface area contributed by atoms with E-state index in [0.717, 1.165) is 5.13 Å². The number of benzene rings is 1. The molecular weight excluding hydrogens is 204 g/mol. The number of allylic oxidation sites excluding steroid dienone is 1. The zero-order chi connectivity index (χ0) is 10.3. The molecule has 1 aromatic carbocycles. The first-order valence-electron chi connectivity index (χ1n) is 4.60. The maximum absolute atomic E-state index is 4.18. The highest BCUT2D eigenvalue weighted by atomic mass is 32.1. The van der Waals surface area contributed by atoms with Crippen molar-refractivity contribution in [1.29, 1.82) is 0 Å². The van der Waals surface area contributed by atoms with E-state index < -0.39 is 0 Å². The topological polar surface area (TPSA) is 25.2 Å². The maximum Gasteiger partial charge on any atom is 0.208 e. The Labute approximate surface area is 92.6 Å². The second kappa shape index (κ2) is 5.22. The summed E-state index contributed by atoms with van der Waals surface area (Å²) in [6.07, 6.45) is 7.43. The van der Waals surface area contributed by atoms with E-state index in [2.05, 4.69) is 9.98 Å². The van der Waals surface area contributed by atoms with Crippen LogP contribution in [0.3, 0.4) is 0 Å². The van der Waals surface area contributed by atoms with Crippen molar-refractivity contribution in [2.24, 2.45) is 4.99 Å². The quantitative estimate of drug-likeness (QED) is 0.717. The van der Waals surface area contributed by atoms with Gasteiger partial charge in [0.15, 0.2) is 0 Å². The minimum Gasteiger partial charge on any atom is -0.228 e. The molecular formula is C12H10N2S. The van der Waals surface area contributed by atoms with Crippen LogP contribution in [0.2, 0.25) is 0 Å². The van der Waals surface area contributed by atoms with Crippen molar-refractivity contribution >= 4 is 28.8 Å². The van der Waals surface area contributed by atoms with Gasteiger partial charge in [-0.15, -0.1) is 11.3 Å². The number of aromatic nitrogens is 1. The largest absolute Gasteiger partial charge is 0.228 e.